The molecule has 0 amide bonds. The van der Waals surface area contributed by atoms with Crippen molar-refractivity contribution in [3.05, 3.63) is 22.2 Å². The molecule has 0 atom stereocenters. The van der Waals surface area contributed by atoms with Gasteiger partial charge in [-0.25, -0.2) is 4.79 Å². The number of benzene rings is 1. The molecule has 0 aromatic heterocycles. The van der Waals surface area contributed by atoms with Crippen molar-refractivity contribution in [2.75, 3.05) is 13.7 Å². The molecule has 4 nitrogen and oxygen atoms in total. The number of hydrogen-bond acceptors (Lipinski definition) is 3. The molecule has 5 heteroatoms. The van der Waals surface area contributed by atoms with E-state index >= 15 is 0 Å². The monoisotopic (exact) mass is 302 g/mol. The highest BCUT2D eigenvalue weighted by atomic mass is 79.9. The molecular formula is C12H15BrO4. The smallest absolute Gasteiger partial charge is 0.335 e. The maximum absolute atomic E-state index is 10.9. The van der Waals surface area contributed by atoms with Gasteiger partial charge in [0.15, 0.2) is 11.5 Å². The first-order valence-corrected chi connectivity index (χ1v) is 6.13. The highest BCUT2D eigenvalue weighted by Gasteiger charge is 2.14. The summed E-state index contributed by atoms with van der Waals surface area (Å²) in [7, 11) is 1.49. The first-order valence-electron chi connectivity index (χ1n) is 5.33. The van der Waals surface area contributed by atoms with Crippen molar-refractivity contribution in [2.24, 2.45) is 0 Å². The molecule has 0 saturated carbocycles. The predicted octanol–water partition coefficient (Wildman–Crippen LogP) is 3.33. The molecule has 0 unspecified atom stereocenters. The number of rotatable bonds is 6. The lowest BCUT2D eigenvalue weighted by atomic mass is 10.2. The Labute approximate surface area is 109 Å². The summed E-state index contributed by atoms with van der Waals surface area (Å²) >= 11 is 3.29. The van der Waals surface area contributed by atoms with E-state index in [1.807, 2.05) is 0 Å². The van der Waals surface area contributed by atoms with Crippen LogP contribution in [0.15, 0.2) is 16.6 Å². The van der Waals surface area contributed by atoms with Crippen LogP contribution in [0.4, 0.5) is 0 Å². The van der Waals surface area contributed by atoms with Gasteiger partial charge in [-0.05, 0) is 34.5 Å². The molecular weight excluding hydrogens is 288 g/mol. The molecule has 1 N–H and O–H groups in total. The van der Waals surface area contributed by atoms with Gasteiger partial charge in [0, 0.05) is 0 Å². The number of ether oxygens (including phenoxy) is 2. The number of unbranched alkanes of at least 4 members (excludes halogenated alkanes) is 1. The van der Waals surface area contributed by atoms with Gasteiger partial charge in [0.1, 0.15) is 0 Å². The van der Waals surface area contributed by atoms with Gasteiger partial charge in [0.05, 0.1) is 23.8 Å². The normalized spacial score (nSPS) is 10.1. The number of methoxy groups -OCH3 is 1. The molecule has 0 aliphatic carbocycles. The van der Waals surface area contributed by atoms with Gasteiger partial charge in [0.2, 0.25) is 0 Å². The number of carbonyl (C=O) groups is 1. The van der Waals surface area contributed by atoms with Crippen LogP contribution in [0, 0.1) is 0 Å². The van der Waals surface area contributed by atoms with Crippen LogP contribution in [0.25, 0.3) is 0 Å². The van der Waals surface area contributed by atoms with Gasteiger partial charge in [-0.1, -0.05) is 13.3 Å². The lowest BCUT2D eigenvalue weighted by Gasteiger charge is -2.13. The second kappa shape index (κ2) is 6.49. The SMILES string of the molecule is CCCCOc1c(Br)cc(C(=O)O)cc1OC. The van der Waals surface area contributed by atoms with E-state index in [0.29, 0.717) is 22.6 Å². The third-order valence-corrected chi connectivity index (χ3v) is 2.81. The third kappa shape index (κ3) is 3.63. The van der Waals surface area contributed by atoms with Crippen molar-refractivity contribution >= 4 is 21.9 Å². The van der Waals surface area contributed by atoms with Gasteiger partial charge in [-0.3, -0.25) is 0 Å². The molecule has 0 bridgehead atoms. The Balaban J connectivity index is 2.99. The topological polar surface area (TPSA) is 55.8 Å². The molecule has 0 radical (unpaired) electrons. The molecule has 0 saturated heterocycles. The minimum atomic E-state index is -0.996. The fourth-order valence-corrected chi connectivity index (χ4v) is 1.86. The van der Waals surface area contributed by atoms with Crippen molar-refractivity contribution in [1.29, 1.82) is 0 Å². The van der Waals surface area contributed by atoms with E-state index in [1.54, 1.807) is 0 Å². The van der Waals surface area contributed by atoms with Crippen molar-refractivity contribution in [3.8, 4) is 11.5 Å². The molecule has 0 aliphatic heterocycles. The van der Waals surface area contributed by atoms with Gasteiger partial charge in [-0.2, -0.15) is 0 Å². The molecule has 1 rings (SSSR count). The molecule has 17 heavy (non-hydrogen) atoms. The van der Waals surface area contributed by atoms with Crippen LogP contribution < -0.4 is 9.47 Å². The molecule has 0 spiro atoms. The van der Waals surface area contributed by atoms with Crippen molar-refractivity contribution in [2.45, 2.75) is 19.8 Å². The summed E-state index contributed by atoms with van der Waals surface area (Å²) in [5.74, 6) is -0.0251. The summed E-state index contributed by atoms with van der Waals surface area (Å²) < 4.78 is 11.3. The summed E-state index contributed by atoms with van der Waals surface area (Å²) in [5, 5.41) is 8.92. The fourth-order valence-electron chi connectivity index (χ4n) is 1.30. The summed E-state index contributed by atoms with van der Waals surface area (Å²) in [6.07, 6.45) is 1.98. The van der Waals surface area contributed by atoms with Gasteiger partial charge in [-0.15, -0.1) is 0 Å². The first kappa shape index (κ1) is 13.8. The number of carboxylic acids is 1. The molecule has 0 heterocycles. The summed E-state index contributed by atoms with van der Waals surface area (Å²) in [6.45, 7) is 2.65. The Kier molecular flexibility index (Phi) is 5.28. The number of aromatic carboxylic acids is 1. The largest absolute Gasteiger partial charge is 0.493 e. The average molecular weight is 303 g/mol. The highest BCUT2D eigenvalue weighted by Crippen LogP contribution is 2.36. The first-order chi connectivity index (χ1) is 8.10. The second-order valence-electron chi connectivity index (χ2n) is 3.50. The zero-order valence-electron chi connectivity index (χ0n) is 9.83. The quantitative estimate of drug-likeness (QED) is 0.819. The maximum Gasteiger partial charge on any atom is 0.335 e. The van der Waals surface area contributed by atoms with E-state index in [4.69, 9.17) is 14.6 Å². The lowest BCUT2D eigenvalue weighted by Crippen LogP contribution is -2.03. The zero-order valence-corrected chi connectivity index (χ0v) is 11.4. The van der Waals surface area contributed by atoms with E-state index < -0.39 is 5.97 Å². The van der Waals surface area contributed by atoms with Crippen molar-refractivity contribution in [1.82, 2.24) is 0 Å². The van der Waals surface area contributed by atoms with Crippen LogP contribution in [0.1, 0.15) is 30.1 Å². The number of halogens is 1. The van der Waals surface area contributed by atoms with Gasteiger partial charge < -0.3 is 14.6 Å². The Morgan fingerprint density at radius 1 is 1.47 bits per heavy atom. The van der Waals surface area contributed by atoms with Crippen LogP contribution in [0.3, 0.4) is 0 Å². The van der Waals surface area contributed by atoms with Crippen LogP contribution in [-0.2, 0) is 0 Å². The average Bonchev–Trinajstić information content (AvgIpc) is 2.30. The summed E-state index contributed by atoms with van der Waals surface area (Å²) in [5.41, 5.74) is 0.163. The van der Waals surface area contributed by atoms with Crippen molar-refractivity contribution in [3.63, 3.8) is 0 Å². The zero-order chi connectivity index (χ0) is 12.8. The van der Waals surface area contributed by atoms with E-state index in [0.717, 1.165) is 12.8 Å². The molecule has 1 aromatic carbocycles. The number of hydrogen-bond donors (Lipinski definition) is 1. The predicted molar refractivity (Wildman–Crippen MR) is 68.1 cm³/mol. The van der Waals surface area contributed by atoms with Gasteiger partial charge in [0.25, 0.3) is 0 Å². The van der Waals surface area contributed by atoms with Crippen LogP contribution >= 0.6 is 15.9 Å². The number of carboxylic acid groups (broad SMARTS) is 1. The third-order valence-electron chi connectivity index (χ3n) is 2.22. The fraction of sp³-hybridized carbons (Fsp3) is 0.417. The Bertz CT molecular complexity index is 404. The highest BCUT2D eigenvalue weighted by molar-refractivity contribution is 9.10. The molecule has 0 fully saturated rings. The molecule has 1 aromatic rings. The van der Waals surface area contributed by atoms with E-state index in [-0.39, 0.29) is 5.56 Å². The van der Waals surface area contributed by atoms with Gasteiger partial charge >= 0.3 is 5.97 Å². The van der Waals surface area contributed by atoms with Crippen LogP contribution in [0.5, 0.6) is 11.5 Å². The van der Waals surface area contributed by atoms with E-state index in [9.17, 15) is 4.79 Å². The van der Waals surface area contributed by atoms with Crippen LogP contribution in [-0.4, -0.2) is 24.8 Å². The molecule has 0 aliphatic rings. The summed E-state index contributed by atoms with van der Waals surface area (Å²) in [6, 6.07) is 2.96. The van der Waals surface area contributed by atoms with E-state index in [2.05, 4.69) is 22.9 Å². The second-order valence-corrected chi connectivity index (χ2v) is 4.35. The van der Waals surface area contributed by atoms with Crippen molar-refractivity contribution < 1.29 is 19.4 Å². The minimum Gasteiger partial charge on any atom is -0.493 e. The standard InChI is InChI=1S/C12H15BrO4/c1-3-4-5-17-11-9(13)6-8(12(14)15)7-10(11)16-2/h6-7H,3-5H2,1-2H3,(H,14,15). The Hall–Kier alpha value is -1.23. The molecule has 94 valence electrons. The minimum absolute atomic E-state index is 0.163. The Morgan fingerprint density at radius 2 is 2.18 bits per heavy atom. The Morgan fingerprint density at radius 3 is 2.71 bits per heavy atom. The maximum atomic E-state index is 10.9. The van der Waals surface area contributed by atoms with Crippen LogP contribution in [0.2, 0.25) is 0 Å². The lowest BCUT2D eigenvalue weighted by molar-refractivity contribution is 0.0696. The summed E-state index contributed by atoms with van der Waals surface area (Å²) in [4.78, 5) is 10.9. The van der Waals surface area contributed by atoms with E-state index in [1.165, 1.54) is 19.2 Å².